The van der Waals surface area contributed by atoms with E-state index in [9.17, 15) is 0 Å². The van der Waals surface area contributed by atoms with Gasteiger partial charge in [0.2, 0.25) is 0 Å². The summed E-state index contributed by atoms with van der Waals surface area (Å²) in [7, 11) is 2.10. The topological polar surface area (TPSA) is 42.2 Å². The highest BCUT2D eigenvalue weighted by molar-refractivity contribution is 5.81. The molecule has 3 heteroatoms. The zero-order valence-corrected chi connectivity index (χ0v) is 12.1. The first kappa shape index (κ1) is 13.8. The second kappa shape index (κ2) is 6.02. The molecule has 0 aliphatic rings. The lowest BCUT2D eigenvalue weighted by Crippen LogP contribution is -2.23. The zero-order valence-electron chi connectivity index (χ0n) is 12.1. The van der Waals surface area contributed by atoms with E-state index >= 15 is 0 Å². The molecule has 0 saturated heterocycles. The van der Waals surface area contributed by atoms with Crippen molar-refractivity contribution in [1.29, 1.82) is 0 Å². The van der Waals surface area contributed by atoms with Crippen molar-refractivity contribution in [1.82, 2.24) is 4.98 Å². The molecule has 1 aromatic heterocycles. The van der Waals surface area contributed by atoms with Gasteiger partial charge >= 0.3 is 0 Å². The molecule has 19 heavy (non-hydrogen) atoms. The molecule has 0 aliphatic heterocycles. The number of pyridine rings is 1. The molecule has 0 aliphatic carbocycles. The Balaban J connectivity index is 2.34. The highest BCUT2D eigenvalue weighted by atomic mass is 15.2. The molecule has 2 N–H and O–H groups in total. The van der Waals surface area contributed by atoms with Gasteiger partial charge in [-0.2, -0.15) is 0 Å². The van der Waals surface area contributed by atoms with Gasteiger partial charge in [0.05, 0.1) is 5.52 Å². The molecule has 1 heterocycles. The molecule has 2 aromatic rings. The maximum absolute atomic E-state index is 5.87. The number of hydrogen-bond acceptors (Lipinski definition) is 3. The van der Waals surface area contributed by atoms with Crippen LogP contribution in [0.2, 0.25) is 0 Å². The number of benzene rings is 1. The molecule has 0 unspecified atom stereocenters. The molecule has 1 aromatic carbocycles. The predicted molar refractivity (Wildman–Crippen MR) is 82.4 cm³/mol. The summed E-state index contributed by atoms with van der Waals surface area (Å²) in [4.78, 5) is 6.99. The minimum absolute atomic E-state index is 0.527. The van der Waals surface area contributed by atoms with Crippen LogP contribution in [0.4, 0.5) is 5.82 Å². The molecular weight excluding hydrogens is 234 g/mol. The quantitative estimate of drug-likeness (QED) is 0.894. The van der Waals surface area contributed by atoms with Crippen LogP contribution in [0, 0.1) is 5.92 Å². The molecule has 2 rings (SSSR count). The molecule has 0 spiro atoms. The Morgan fingerprint density at radius 3 is 2.68 bits per heavy atom. The third-order valence-corrected chi connectivity index (χ3v) is 3.40. The van der Waals surface area contributed by atoms with Crippen LogP contribution >= 0.6 is 0 Å². The van der Waals surface area contributed by atoms with E-state index in [0.29, 0.717) is 12.5 Å². The van der Waals surface area contributed by atoms with Gasteiger partial charge in [0, 0.05) is 31.1 Å². The van der Waals surface area contributed by atoms with Gasteiger partial charge in [0.25, 0.3) is 0 Å². The molecule has 0 atom stereocenters. The van der Waals surface area contributed by atoms with E-state index in [1.165, 1.54) is 0 Å². The van der Waals surface area contributed by atoms with Crippen molar-refractivity contribution in [2.75, 3.05) is 18.5 Å². The van der Waals surface area contributed by atoms with E-state index in [2.05, 4.69) is 44.0 Å². The fraction of sp³-hybridized carbons (Fsp3) is 0.438. The largest absolute Gasteiger partial charge is 0.359 e. The molecular formula is C16H23N3. The SMILES string of the molecule is CC(C)CCN(C)c1nc2ccccc2cc1CN. The van der Waals surface area contributed by atoms with E-state index in [4.69, 9.17) is 10.7 Å². The maximum atomic E-state index is 5.87. The van der Waals surface area contributed by atoms with Crippen LogP contribution in [0.3, 0.4) is 0 Å². The lowest BCUT2D eigenvalue weighted by Gasteiger charge is -2.22. The highest BCUT2D eigenvalue weighted by Gasteiger charge is 2.10. The van der Waals surface area contributed by atoms with E-state index < -0.39 is 0 Å². The summed E-state index contributed by atoms with van der Waals surface area (Å²) in [6.45, 7) is 6.02. The van der Waals surface area contributed by atoms with Crippen LogP contribution in [0.5, 0.6) is 0 Å². The molecule has 0 radical (unpaired) electrons. The Bertz CT molecular complexity index is 549. The minimum atomic E-state index is 0.527. The van der Waals surface area contributed by atoms with Crippen LogP contribution in [0.15, 0.2) is 30.3 Å². The monoisotopic (exact) mass is 257 g/mol. The number of nitrogens with zero attached hydrogens (tertiary/aromatic N) is 2. The van der Waals surface area contributed by atoms with Gasteiger partial charge in [0.1, 0.15) is 5.82 Å². The first-order chi connectivity index (χ1) is 9.11. The Morgan fingerprint density at radius 1 is 1.26 bits per heavy atom. The predicted octanol–water partition coefficient (Wildman–Crippen LogP) is 3.18. The summed E-state index contributed by atoms with van der Waals surface area (Å²) in [5.74, 6) is 1.71. The van der Waals surface area contributed by atoms with Gasteiger partial charge in [-0.3, -0.25) is 0 Å². The molecule has 102 valence electrons. The lowest BCUT2D eigenvalue weighted by molar-refractivity contribution is 0.583. The van der Waals surface area contributed by atoms with Gasteiger partial charge in [-0.05, 0) is 24.5 Å². The molecule has 0 fully saturated rings. The van der Waals surface area contributed by atoms with E-state index in [1.54, 1.807) is 0 Å². The number of aromatic nitrogens is 1. The van der Waals surface area contributed by atoms with Gasteiger partial charge < -0.3 is 10.6 Å². The number of fused-ring (bicyclic) bond motifs is 1. The van der Waals surface area contributed by atoms with Crippen molar-refractivity contribution in [3.8, 4) is 0 Å². The number of hydrogen-bond donors (Lipinski definition) is 1. The normalized spacial score (nSPS) is 11.2. The van der Waals surface area contributed by atoms with Crippen LogP contribution < -0.4 is 10.6 Å². The second-order valence-electron chi connectivity index (χ2n) is 5.47. The molecule has 0 saturated carbocycles. The number of rotatable bonds is 5. The van der Waals surface area contributed by atoms with E-state index in [-0.39, 0.29) is 0 Å². The number of nitrogens with two attached hydrogens (primary N) is 1. The van der Waals surface area contributed by atoms with E-state index in [1.807, 2.05) is 12.1 Å². The third-order valence-electron chi connectivity index (χ3n) is 3.40. The standard InChI is InChI=1S/C16H23N3/c1-12(2)8-9-19(3)16-14(11-17)10-13-6-4-5-7-15(13)18-16/h4-7,10,12H,8-9,11,17H2,1-3H3. The maximum Gasteiger partial charge on any atom is 0.133 e. The summed E-state index contributed by atoms with van der Waals surface area (Å²) in [6.07, 6.45) is 1.16. The fourth-order valence-corrected chi connectivity index (χ4v) is 2.19. The van der Waals surface area contributed by atoms with Crippen molar-refractivity contribution < 1.29 is 0 Å². The second-order valence-corrected chi connectivity index (χ2v) is 5.47. The van der Waals surface area contributed by atoms with Crippen molar-refractivity contribution in [2.45, 2.75) is 26.8 Å². The smallest absolute Gasteiger partial charge is 0.133 e. The van der Waals surface area contributed by atoms with Crippen molar-refractivity contribution in [2.24, 2.45) is 11.7 Å². The van der Waals surface area contributed by atoms with Crippen molar-refractivity contribution in [3.05, 3.63) is 35.9 Å². The average Bonchev–Trinajstić information content (AvgIpc) is 2.43. The lowest BCUT2D eigenvalue weighted by atomic mass is 10.1. The Hall–Kier alpha value is -1.61. The van der Waals surface area contributed by atoms with E-state index in [0.717, 1.165) is 35.2 Å². The van der Waals surface area contributed by atoms with Crippen LogP contribution in [-0.2, 0) is 6.54 Å². The summed E-state index contributed by atoms with van der Waals surface area (Å²) >= 11 is 0. The van der Waals surface area contributed by atoms with Gasteiger partial charge in [-0.25, -0.2) is 4.98 Å². The van der Waals surface area contributed by atoms with Crippen LogP contribution in [0.25, 0.3) is 10.9 Å². The van der Waals surface area contributed by atoms with Crippen molar-refractivity contribution >= 4 is 16.7 Å². The highest BCUT2D eigenvalue weighted by Crippen LogP contribution is 2.23. The summed E-state index contributed by atoms with van der Waals surface area (Å²) < 4.78 is 0. The summed E-state index contributed by atoms with van der Waals surface area (Å²) in [5, 5.41) is 1.16. The fourth-order valence-electron chi connectivity index (χ4n) is 2.19. The number of para-hydroxylation sites is 1. The number of anilines is 1. The van der Waals surface area contributed by atoms with Crippen LogP contribution in [-0.4, -0.2) is 18.6 Å². The Kier molecular flexibility index (Phi) is 4.38. The van der Waals surface area contributed by atoms with Gasteiger partial charge in [-0.1, -0.05) is 32.0 Å². The first-order valence-corrected chi connectivity index (χ1v) is 6.91. The third kappa shape index (κ3) is 3.24. The summed E-state index contributed by atoms with van der Waals surface area (Å²) in [6, 6.07) is 10.3. The molecule has 0 bridgehead atoms. The average molecular weight is 257 g/mol. The first-order valence-electron chi connectivity index (χ1n) is 6.91. The van der Waals surface area contributed by atoms with Gasteiger partial charge in [0.15, 0.2) is 0 Å². The summed E-state index contributed by atoms with van der Waals surface area (Å²) in [5.41, 5.74) is 8.02. The van der Waals surface area contributed by atoms with Gasteiger partial charge in [-0.15, -0.1) is 0 Å². The zero-order chi connectivity index (χ0) is 13.8. The molecule has 0 amide bonds. The van der Waals surface area contributed by atoms with Crippen molar-refractivity contribution in [3.63, 3.8) is 0 Å². The van der Waals surface area contributed by atoms with Crippen LogP contribution in [0.1, 0.15) is 25.8 Å². The molecule has 3 nitrogen and oxygen atoms in total. The Morgan fingerprint density at radius 2 is 2.00 bits per heavy atom. The minimum Gasteiger partial charge on any atom is -0.359 e. The Labute approximate surface area is 115 Å².